The number of rotatable bonds is 4. The number of likely N-dealkylation sites (tertiary alicyclic amines) is 1. The molecule has 0 aromatic carbocycles. The van der Waals surface area contributed by atoms with Crippen LogP contribution < -0.4 is 0 Å². The van der Waals surface area contributed by atoms with Crippen LogP contribution in [0.4, 0.5) is 13.2 Å². The summed E-state index contributed by atoms with van der Waals surface area (Å²) in [5, 5.41) is 7.12. The summed E-state index contributed by atoms with van der Waals surface area (Å²) in [6, 6.07) is 5.59. The Hall–Kier alpha value is -3.12. The van der Waals surface area contributed by atoms with Gasteiger partial charge in [-0.25, -0.2) is 14.8 Å². The monoisotopic (exact) mass is 454 g/mol. The van der Waals surface area contributed by atoms with Crippen molar-refractivity contribution in [1.82, 2.24) is 19.9 Å². The molecular weight excluding hydrogens is 433 g/mol. The van der Waals surface area contributed by atoms with Crippen molar-refractivity contribution in [2.45, 2.75) is 37.3 Å². The molecule has 2 saturated heterocycles. The highest BCUT2D eigenvalue weighted by Crippen LogP contribution is 2.36. The van der Waals surface area contributed by atoms with E-state index in [4.69, 9.17) is 19.4 Å². The first kappa shape index (κ1) is 23.5. The molecule has 0 bridgehead atoms. The fourth-order valence-electron chi connectivity index (χ4n) is 3.46. The standard InChI is InChI=1S/C18H20N4O3.C2HF3O2/c23-17(16-20-5-1-6-21-16)22-9-4-18(13-22)10-15(12-25-18)24-11-14-2-7-19-8-3-14;3-2(4,5)1(6)7/h1-3,5-8,15H,4,9-13H2;(H,6,7)/t15-,18+;/m1./s1. The molecule has 2 aromatic rings. The molecular formula is C20H21F3N4O5. The van der Waals surface area contributed by atoms with E-state index in [1.165, 1.54) is 0 Å². The number of carbonyl (C=O) groups excluding carboxylic acids is 1. The minimum atomic E-state index is -5.08. The number of carboxylic acid groups (broad SMARTS) is 1. The maximum absolute atomic E-state index is 12.5. The largest absolute Gasteiger partial charge is 0.490 e. The van der Waals surface area contributed by atoms with Gasteiger partial charge in [-0.3, -0.25) is 9.78 Å². The van der Waals surface area contributed by atoms with Crippen molar-refractivity contribution in [2.24, 2.45) is 0 Å². The first-order valence-electron chi connectivity index (χ1n) is 9.69. The van der Waals surface area contributed by atoms with Crippen LogP contribution in [0.25, 0.3) is 0 Å². The Bertz CT molecular complexity index is 916. The molecule has 0 unspecified atom stereocenters. The van der Waals surface area contributed by atoms with Crippen molar-refractivity contribution in [2.75, 3.05) is 19.7 Å². The first-order valence-corrected chi connectivity index (χ1v) is 9.69. The molecule has 2 fully saturated rings. The van der Waals surface area contributed by atoms with Gasteiger partial charge < -0.3 is 19.5 Å². The molecule has 32 heavy (non-hydrogen) atoms. The van der Waals surface area contributed by atoms with Gasteiger partial charge in [0.25, 0.3) is 5.91 Å². The van der Waals surface area contributed by atoms with Crippen LogP contribution in [0.2, 0.25) is 0 Å². The number of carboxylic acids is 1. The van der Waals surface area contributed by atoms with E-state index in [1.54, 1.807) is 35.8 Å². The van der Waals surface area contributed by atoms with Crippen LogP contribution in [-0.4, -0.2) is 74.4 Å². The number of aliphatic carboxylic acids is 1. The molecule has 4 rings (SSSR count). The van der Waals surface area contributed by atoms with E-state index in [9.17, 15) is 18.0 Å². The lowest BCUT2D eigenvalue weighted by molar-refractivity contribution is -0.192. The molecule has 0 radical (unpaired) electrons. The third-order valence-electron chi connectivity index (χ3n) is 5.01. The third kappa shape index (κ3) is 6.20. The predicted molar refractivity (Wildman–Crippen MR) is 102 cm³/mol. The van der Waals surface area contributed by atoms with Crippen molar-refractivity contribution < 1.29 is 37.3 Å². The van der Waals surface area contributed by atoms with E-state index >= 15 is 0 Å². The second-order valence-corrected chi connectivity index (χ2v) is 7.34. The number of ether oxygens (including phenoxy) is 2. The van der Waals surface area contributed by atoms with Crippen LogP contribution in [0, 0.1) is 0 Å². The summed E-state index contributed by atoms with van der Waals surface area (Å²) in [6.45, 7) is 2.34. The number of carbonyl (C=O) groups is 2. The van der Waals surface area contributed by atoms with Crippen molar-refractivity contribution in [3.05, 3.63) is 54.4 Å². The topological polar surface area (TPSA) is 115 Å². The summed E-state index contributed by atoms with van der Waals surface area (Å²) in [5.41, 5.74) is 0.799. The van der Waals surface area contributed by atoms with Crippen LogP contribution >= 0.6 is 0 Å². The number of alkyl halides is 3. The van der Waals surface area contributed by atoms with Crippen molar-refractivity contribution in [1.29, 1.82) is 0 Å². The Morgan fingerprint density at radius 3 is 2.50 bits per heavy atom. The molecule has 1 spiro atoms. The normalized spacial score (nSPS) is 22.5. The van der Waals surface area contributed by atoms with Gasteiger partial charge in [-0.2, -0.15) is 13.2 Å². The van der Waals surface area contributed by atoms with E-state index in [0.29, 0.717) is 26.3 Å². The van der Waals surface area contributed by atoms with Crippen molar-refractivity contribution in [3.8, 4) is 0 Å². The highest BCUT2D eigenvalue weighted by atomic mass is 19.4. The molecule has 2 aliphatic heterocycles. The fourth-order valence-corrected chi connectivity index (χ4v) is 3.46. The van der Waals surface area contributed by atoms with E-state index in [-0.39, 0.29) is 23.4 Å². The number of halogens is 3. The van der Waals surface area contributed by atoms with E-state index in [2.05, 4.69) is 15.0 Å². The van der Waals surface area contributed by atoms with Crippen LogP contribution in [-0.2, 0) is 20.9 Å². The first-order chi connectivity index (χ1) is 15.2. The maximum atomic E-state index is 12.5. The van der Waals surface area contributed by atoms with E-state index in [1.807, 2.05) is 12.1 Å². The lowest BCUT2D eigenvalue weighted by Gasteiger charge is -2.23. The molecule has 0 aliphatic carbocycles. The third-order valence-corrected chi connectivity index (χ3v) is 5.01. The van der Waals surface area contributed by atoms with Crippen LogP contribution in [0.15, 0.2) is 43.0 Å². The number of amides is 1. The van der Waals surface area contributed by atoms with Crippen LogP contribution in [0.3, 0.4) is 0 Å². The molecule has 2 aliphatic rings. The summed E-state index contributed by atoms with van der Waals surface area (Å²) in [6.07, 6.45) is 3.28. The van der Waals surface area contributed by atoms with Gasteiger partial charge in [-0.05, 0) is 30.2 Å². The Balaban J connectivity index is 0.000000360. The van der Waals surface area contributed by atoms with Crippen molar-refractivity contribution >= 4 is 11.9 Å². The fraction of sp³-hybridized carbons (Fsp3) is 0.450. The number of nitrogens with zero attached hydrogens (tertiary/aromatic N) is 4. The second-order valence-electron chi connectivity index (χ2n) is 7.34. The zero-order valence-corrected chi connectivity index (χ0v) is 16.9. The Morgan fingerprint density at radius 2 is 1.88 bits per heavy atom. The number of aromatic nitrogens is 3. The molecule has 12 heteroatoms. The lowest BCUT2D eigenvalue weighted by Crippen LogP contribution is -2.36. The van der Waals surface area contributed by atoms with Gasteiger partial charge in [0.2, 0.25) is 5.82 Å². The molecule has 4 heterocycles. The molecule has 1 amide bonds. The zero-order valence-electron chi connectivity index (χ0n) is 16.9. The van der Waals surface area contributed by atoms with Gasteiger partial charge >= 0.3 is 12.1 Å². The molecule has 2 aromatic heterocycles. The number of hydrogen-bond donors (Lipinski definition) is 1. The number of hydrogen-bond acceptors (Lipinski definition) is 7. The predicted octanol–water partition coefficient (Wildman–Crippen LogP) is 2.10. The zero-order chi connectivity index (χ0) is 23.2. The van der Waals surface area contributed by atoms with Gasteiger partial charge in [-0.1, -0.05) is 0 Å². The Kier molecular flexibility index (Phi) is 7.36. The Labute approximate surface area is 181 Å². The summed E-state index contributed by atoms with van der Waals surface area (Å²) in [7, 11) is 0. The minimum Gasteiger partial charge on any atom is -0.475 e. The maximum Gasteiger partial charge on any atom is 0.490 e. The average molecular weight is 454 g/mol. The second kappa shape index (κ2) is 10.0. The minimum absolute atomic E-state index is 0.0520. The summed E-state index contributed by atoms with van der Waals surface area (Å²) < 4.78 is 43.8. The lowest BCUT2D eigenvalue weighted by atomic mass is 9.98. The van der Waals surface area contributed by atoms with Crippen molar-refractivity contribution in [3.63, 3.8) is 0 Å². The molecule has 0 saturated carbocycles. The van der Waals surface area contributed by atoms with Gasteiger partial charge in [-0.15, -0.1) is 0 Å². The van der Waals surface area contributed by atoms with Gasteiger partial charge in [0, 0.05) is 37.8 Å². The summed E-state index contributed by atoms with van der Waals surface area (Å²) >= 11 is 0. The number of pyridine rings is 1. The summed E-state index contributed by atoms with van der Waals surface area (Å²) in [4.78, 5) is 35.3. The molecule has 172 valence electrons. The highest BCUT2D eigenvalue weighted by molar-refractivity contribution is 5.90. The SMILES string of the molecule is O=C(O)C(F)(F)F.O=C(c1ncccn1)N1CC[C@]2(C[C@@H](OCc3ccncc3)CO2)C1. The van der Waals surface area contributed by atoms with Gasteiger partial charge in [0.05, 0.1) is 31.5 Å². The van der Waals surface area contributed by atoms with Crippen LogP contribution in [0.1, 0.15) is 29.0 Å². The van der Waals surface area contributed by atoms with Crippen LogP contribution in [0.5, 0.6) is 0 Å². The summed E-state index contributed by atoms with van der Waals surface area (Å²) in [5.74, 6) is -2.65. The highest BCUT2D eigenvalue weighted by Gasteiger charge is 2.47. The van der Waals surface area contributed by atoms with Gasteiger partial charge in [0.15, 0.2) is 0 Å². The quantitative estimate of drug-likeness (QED) is 0.747. The Morgan fingerprint density at radius 1 is 1.22 bits per heavy atom. The molecule has 1 N–H and O–H groups in total. The van der Waals surface area contributed by atoms with E-state index < -0.39 is 12.1 Å². The molecule has 9 nitrogen and oxygen atoms in total. The molecule has 2 atom stereocenters. The van der Waals surface area contributed by atoms with Gasteiger partial charge in [0.1, 0.15) is 0 Å². The van der Waals surface area contributed by atoms with E-state index in [0.717, 1.165) is 18.4 Å². The smallest absolute Gasteiger partial charge is 0.475 e. The average Bonchev–Trinajstić information content (AvgIpc) is 3.39.